The molecule has 0 heterocycles. The van der Waals surface area contributed by atoms with Crippen molar-refractivity contribution in [2.75, 3.05) is 33.3 Å². The smallest absolute Gasteiger partial charge is 0.323 e. The third-order valence-electron chi connectivity index (χ3n) is 2.79. The zero-order chi connectivity index (χ0) is 13.4. The summed E-state index contributed by atoms with van der Waals surface area (Å²) in [5.74, 6) is -0.254. The predicted molar refractivity (Wildman–Crippen MR) is 66.7 cm³/mol. The van der Waals surface area contributed by atoms with E-state index in [0.717, 1.165) is 0 Å². The summed E-state index contributed by atoms with van der Waals surface area (Å²) in [5, 5.41) is 0. The van der Waals surface area contributed by atoms with Gasteiger partial charge in [-0.25, -0.2) is 0 Å². The van der Waals surface area contributed by atoms with E-state index in [4.69, 9.17) is 4.74 Å². The Morgan fingerprint density at radius 2 is 1.71 bits per heavy atom. The van der Waals surface area contributed by atoms with E-state index in [2.05, 4.69) is 0 Å². The minimum Gasteiger partial charge on any atom is -0.465 e. The van der Waals surface area contributed by atoms with Crippen molar-refractivity contribution in [3.05, 3.63) is 0 Å². The van der Waals surface area contributed by atoms with Gasteiger partial charge in [0, 0.05) is 13.1 Å². The molecule has 5 heteroatoms. The average Bonchev–Trinajstić information content (AvgIpc) is 2.29. The van der Waals surface area contributed by atoms with Crippen LogP contribution in [-0.2, 0) is 14.3 Å². The molecule has 0 aromatic carbocycles. The molecule has 5 nitrogen and oxygen atoms in total. The van der Waals surface area contributed by atoms with Crippen LogP contribution in [0.1, 0.15) is 27.7 Å². The molecule has 0 aliphatic carbocycles. The van der Waals surface area contributed by atoms with Crippen LogP contribution in [0.2, 0.25) is 0 Å². The van der Waals surface area contributed by atoms with Crippen LogP contribution in [0, 0.1) is 0 Å². The summed E-state index contributed by atoms with van der Waals surface area (Å²) in [6.07, 6.45) is 0. The zero-order valence-electron chi connectivity index (χ0n) is 11.5. The van der Waals surface area contributed by atoms with Gasteiger partial charge in [-0.3, -0.25) is 14.5 Å². The molecule has 0 radical (unpaired) electrons. The van der Waals surface area contributed by atoms with Gasteiger partial charge in [-0.1, -0.05) is 0 Å². The molecule has 0 saturated carbocycles. The van der Waals surface area contributed by atoms with Crippen LogP contribution >= 0.6 is 0 Å². The normalized spacial score (nSPS) is 12.4. The first-order valence-corrected chi connectivity index (χ1v) is 6.12. The number of likely N-dealkylation sites (N-methyl/N-ethyl adjacent to an activating group) is 2. The molecule has 0 bridgehead atoms. The maximum Gasteiger partial charge on any atom is 0.323 e. The van der Waals surface area contributed by atoms with Crippen LogP contribution in [0.3, 0.4) is 0 Å². The predicted octanol–water partition coefficient (Wildman–Crippen LogP) is 0.738. The van der Waals surface area contributed by atoms with Crippen molar-refractivity contribution in [3.63, 3.8) is 0 Å². The number of rotatable bonds is 7. The van der Waals surface area contributed by atoms with Crippen LogP contribution < -0.4 is 0 Å². The molecule has 0 fully saturated rings. The molecule has 17 heavy (non-hydrogen) atoms. The molecule has 0 spiro atoms. The Labute approximate surface area is 104 Å². The number of carbonyl (C=O) groups is 2. The summed E-state index contributed by atoms with van der Waals surface area (Å²) in [7, 11) is 1.75. The molecule has 1 unspecified atom stereocenters. The van der Waals surface area contributed by atoms with Crippen LogP contribution in [0.25, 0.3) is 0 Å². The number of hydrogen-bond acceptors (Lipinski definition) is 4. The molecule has 0 saturated heterocycles. The highest BCUT2D eigenvalue weighted by molar-refractivity contribution is 5.80. The van der Waals surface area contributed by atoms with Crippen molar-refractivity contribution >= 4 is 11.9 Å². The molecule has 1 amide bonds. The molecule has 0 aromatic heterocycles. The SMILES string of the molecule is CCOC(=O)C(C)N(C)CC(=O)N(CC)CC. The number of carbonyl (C=O) groups excluding carboxylic acids is 2. The Hall–Kier alpha value is -1.10. The van der Waals surface area contributed by atoms with Crippen LogP contribution in [0.15, 0.2) is 0 Å². The molecular weight excluding hydrogens is 220 g/mol. The van der Waals surface area contributed by atoms with Gasteiger partial charge in [0.15, 0.2) is 0 Å². The largest absolute Gasteiger partial charge is 0.465 e. The van der Waals surface area contributed by atoms with E-state index in [9.17, 15) is 9.59 Å². The van der Waals surface area contributed by atoms with E-state index in [0.29, 0.717) is 19.7 Å². The Morgan fingerprint density at radius 3 is 2.12 bits per heavy atom. The molecule has 0 aromatic rings. The molecular formula is C12H24N2O3. The summed E-state index contributed by atoms with van der Waals surface area (Å²) in [6, 6.07) is -0.394. The highest BCUT2D eigenvalue weighted by Gasteiger charge is 2.22. The van der Waals surface area contributed by atoms with Crippen LogP contribution in [0.5, 0.6) is 0 Å². The number of amides is 1. The van der Waals surface area contributed by atoms with Gasteiger partial charge in [-0.05, 0) is 34.7 Å². The van der Waals surface area contributed by atoms with Gasteiger partial charge in [0.25, 0.3) is 0 Å². The molecule has 1 atom stereocenters. The second-order valence-electron chi connectivity index (χ2n) is 3.91. The third kappa shape index (κ3) is 5.17. The summed E-state index contributed by atoms with van der Waals surface area (Å²) in [4.78, 5) is 26.8. The van der Waals surface area contributed by atoms with E-state index in [-0.39, 0.29) is 18.4 Å². The first-order chi connectivity index (χ1) is 7.97. The molecule has 0 N–H and O–H groups in total. The topological polar surface area (TPSA) is 49.9 Å². The molecule has 0 rings (SSSR count). The van der Waals surface area contributed by atoms with Crippen LogP contribution in [-0.4, -0.2) is 61.0 Å². The first-order valence-electron chi connectivity index (χ1n) is 6.12. The van der Waals surface area contributed by atoms with Crippen molar-refractivity contribution in [1.29, 1.82) is 0 Å². The number of hydrogen-bond donors (Lipinski definition) is 0. The lowest BCUT2D eigenvalue weighted by Gasteiger charge is -2.26. The van der Waals surface area contributed by atoms with E-state index < -0.39 is 6.04 Å². The maximum absolute atomic E-state index is 11.8. The summed E-state index contributed by atoms with van der Waals surface area (Å²) in [5.41, 5.74) is 0. The lowest BCUT2D eigenvalue weighted by atomic mass is 10.3. The van der Waals surface area contributed by atoms with Crippen molar-refractivity contribution < 1.29 is 14.3 Å². The number of esters is 1. The Balaban J connectivity index is 4.28. The fourth-order valence-corrected chi connectivity index (χ4v) is 1.47. The summed E-state index contributed by atoms with van der Waals surface area (Å²) >= 11 is 0. The van der Waals surface area contributed by atoms with Gasteiger partial charge in [0.2, 0.25) is 5.91 Å². The van der Waals surface area contributed by atoms with Gasteiger partial charge in [0.05, 0.1) is 13.2 Å². The standard InChI is InChI=1S/C12H24N2O3/c1-6-14(7-2)11(15)9-13(5)10(4)12(16)17-8-3/h10H,6-9H2,1-5H3. The minimum atomic E-state index is -0.394. The summed E-state index contributed by atoms with van der Waals surface area (Å²) < 4.78 is 4.91. The van der Waals surface area contributed by atoms with Gasteiger partial charge in [-0.15, -0.1) is 0 Å². The second kappa shape index (κ2) is 8.06. The Kier molecular flexibility index (Phi) is 7.54. The van der Waals surface area contributed by atoms with E-state index in [1.165, 1.54) is 0 Å². The van der Waals surface area contributed by atoms with Crippen molar-refractivity contribution in [2.45, 2.75) is 33.7 Å². The van der Waals surface area contributed by atoms with Crippen molar-refractivity contribution in [3.8, 4) is 0 Å². The van der Waals surface area contributed by atoms with Gasteiger partial charge >= 0.3 is 5.97 Å². The minimum absolute atomic E-state index is 0.0358. The summed E-state index contributed by atoms with van der Waals surface area (Å²) in [6.45, 7) is 9.38. The molecule has 0 aliphatic heterocycles. The fourth-order valence-electron chi connectivity index (χ4n) is 1.47. The highest BCUT2D eigenvalue weighted by Crippen LogP contribution is 2.00. The molecule has 100 valence electrons. The average molecular weight is 244 g/mol. The number of ether oxygens (including phenoxy) is 1. The van der Waals surface area contributed by atoms with Gasteiger partial charge < -0.3 is 9.64 Å². The Bertz CT molecular complexity index is 252. The number of nitrogens with zero attached hydrogens (tertiary/aromatic N) is 2. The van der Waals surface area contributed by atoms with Crippen molar-refractivity contribution in [2.24, 2.45) is 0 Å². The Morgan fingerprint density at radius 1 is 1.18 bits per heavy atom. The van der Waals surface area contributed by atoms with E-state index in [1.54, 1.807) is 30.7 Å². The maximum atomic E-state index is 11.8. The lowest BCUT2D eigenvalue weighted by Crippen LogP contribution is -2.44. The zero-order valence-corrected chi connectivity index (χ0v) is 11.5. The monoisotopic (exact) mass is 244 g/mol. The van der Waals surface area contributed by atoms with Crippen molar-refractivity contribution in [1.82, 2.24) is 9.80 Å². The third-order valence-corrected chi connectivity index (χ3v) is 2.79. The lowest BCUT2D eigenvalue weighted by molar-refractivity contribution is -0.149. The highest BCUT2D eigenvalue weighted by atomic mass is 16.5. The van der Waals surface area contributed by atoms with Gasteiger partial charge in [0.1, 0.15) is 6.04 Å². The van der Waals surface area contributed by atoms with E-state index in [1.807, 2.05) is 13.8 Å². The second-order valence-corrected chi connectivity index (χ2v) is 3.91. The quantitative estimate of drug-likeness (QED) is 0.620. The molecule has 0 aliphatic rings. The van der Waals surface area contributed by atoms with Gasteiger partial charge in [-0.2, -0.15) is 0 Å². The van der Waals surface area contributed by atoms with Crippen LogP contribution in [0.4, 0.5) is 0 Å². The van der Waals surface area contributed by atoms with E-state index >= 15 is 0 Å². The first kappa shape index (κ1) is 15.9. The fraction of sp³-hybridized carbons (Fsp3) is 0.833.